The van der Waals surface area contributed by atoms with Crippen LogP contribution in [0.25, 0.3) is 0 Å². The normalized spacial score (nSPS) is 12.8. The summed E-state index contributed by atoms with van der Waals surface area (Å²) in [7, 11) is 0. The van der Waals surface area contributed by atoms with Crippen molar-refractivity contribution >= 4 is 70.1 Å². The Hall–Kier alpha value is -1.37. The van der Waals surface area contributed by atoms with Crippen molar-refractivity contribution in [2.75, 3.05) is 0 Å². The zero-order valence-electron chi connectivity index (χ0n) is 16.0. The molecule has 2 rings (SSSR count). The monoisotopic (exact) mass is 511 g/mol. The van der Waals surface area contributed by atoms with Gasteiger partial charge in [-0.25, -0.2) is 9.59 Å². The minimum atomic E-state index is -1.03. The summed E-state index contributed by atoms with van der Waals surface area (Å²) in [4.78, 5) is 25.0. The molecular formula is C20H18Cl5NO4. The second-order valence-electron chi connectivity index (χ2n) is 6.39. The lowest BCUT2D eigenvalue weighted by atomic mass is 9.99. The van der Waals surface area contributed by atoms with Crippen LogP contribution in [0.15, 0.2) is 30.3 Å². The first-order valence-corrected chi connectivity index (χ1v) is 10.8. The van der Waals surface area contributed by atoms with Gasteiger partial charge < -0.3 is 14.8 Å². The number of rotatable bonds is 7. The zero-order chi connectivity index (χ0) is 22.4. The summed E-state index contributed by atoms with van der Waals surface area (Å²) in [6, 6.07) is 8.10. The summed E-state index contributed by atoms with van der Waals surface area (Å²) in [5, 5.41) is 1.92. The molecule has 0 unspecified atom stereocenters. The Labute approximate surface area is 199 Å². The summed E-state index contributed by atoms with van der Waals surface area (Å²) >= 11 is 30.2. The van der Waals surface area contributed by atoms with Gasteiger partial charge in [0.2, 0.25) is 0 Å². The van der Waals surface area contributed by atoms with Gasteiger partial charge in [0.15, 0.2) is 5.75 Å². The second kappa shape index (κ2) is 11.3. The molecule has 0 aliphatic heterocycles. The van der Waals surface area contributed by atoms with Crippen LogP contribution < -0.4 is 10.1 Å². The molecule has 0 radical (unpaired) electrons. The Balaban J connectivity index is 2.15. The molecule has 0 saturated heterocycles. The Morgan fingerprint density at radius 3 is 2.00 bits per heavy atom. The highest BCUT2D eigenvalue weighted by Gasteiger charge is 2.31. The highest BCUT2D eigenvalue weighted by molar-refractivity contribution is 6.55. The van der Waals surface area contributed by atoms with Crippen LogP contribution in [0.5, 0.6) is 5.75 Å². The van der Waals surface area contributed by atoms with Crippen LogP contribution in [0.1, 0.15) is 25.8 Å². The fourth-order valence-electron chi connectivity index (χ4n) is 2.40. The smallest absolute Gasteiger partial charge is 0.408 e. The van der Waals surface area contributed by atoms with Crippen LogP contribution in [0.2, 0.25) is 25.1 Å². The average molecular weight is 514 g/mol. The molecule has 10 heteroatoms. The van der Waals surface area contributed by atoms with E-state index in [-0.39, 0.29) is 43.4 Å². The number of carbonyl (C=O) groups is 2. The van der Waals surface area contributed by atoms with E-state index in [2.05, 4.69) is 5.32 Å². The van der Waals surface area contributed by atoms with Crippen molar-refractivity contribution in [3.8, 4) is 5.75 Å². The maximum atomic E-state index is 12.8. The Bertz CT molecular complexity index is 894. The fraction of sp³-hybridized carbons (Fsp3) is 0.300. The fourth-order valence-corrected chi connectivity index (χ4v) is 3.60. The highest BCUT2D eigenvalue weighted by Crippen LogP contribution is 2.48. The summed E-state index contributed by atoms with van der Waals surface area (Å²) in [6.45, 7) is 3.68. The van der Waals surface area contributed by atoms with Crippen LogP contribution in [-0.4, -0.2) is 18.1 Å². The number of hydrogen-bond acceptors (Lipinski definition) is 4. The molecule has 0 aliphatic rings. The molecule has 1 N–H and O–H groups in total. The van der Waals surface area contributed by atoms with Crippen molar-refractivity contribution in [1.29, 1.82) is 0 Å². The lowest BCUT2D eigenvalue weighted by molar-refractivity contribution is -0.138. The molecule has 0 spiro atoms. The van der Waals surface area contributed by atoms with Gasteiger partial charge in [-0.05, 0) is 11.5 Å². The molecule has 0 aliphatic carbocycles. The van der Waals surface area contributed by atoms with E-state index in [0.29, 0.717) is 6.42 Å². The molecule has 5 nitrogen and oxygen atoms in total. The van der Waals surface area contributed by atoms with Crippen molar-refractivity contribution in [3.63, 3.8) is 0 Å². The topological polar surface area (TPSA) is 64.6 Å². The van der Waals surface area contributed by atoms with Crippen molar-refractivity contribution < 1.29 is 19.1 Å². The zero-order valence-corrected chi connectivity index (χ0v) is 19.8. The van der Waals surface area contributed by atoms with E-state index in [0.717, 1.165) is 5.56 Å². The van der Waals surface area contributed by atoms with Crippen molar-refractivity contribution in [2.24, 2.45) is 5.92 Å². The predicted octanol–water partition coefficient (Wildman–Crippen LogP) is 7.20. The number of carbonyl (C=O) groups excluding carboxylic acids is 2. The first-order chi connectivity index (χ1) is 14.2. The minimum absolute atomic E-state index is 0.0506. The minimum Gasteiger partial charge on any atom is -0.445 e. The van der Waals surface area contributed by atoms with Gasteiger partial charge in [-0.15, -0.1) is 0 Å². The molecule has 30 heavy (non-hydrogen) atoms. The third kappa shape index (κ3) is 6.08. The highest BCUT2D eigenvalue weighted by atomic mass is 35.5. The maximum Gasteiger partial charge on any atom is 0.408 e. The second-order valence-corrected chi connectivity index (χ2v) is 8.28. The van der Waals surface area contributed by atoms with Gasteiger partial charge in [0.05, 0.1) is 15.1 Å². The summed E-state index contributed by atoms with van der Waals surface area (Å²) in [5.41, 5.74) is 0.805. The van der Waals surface area contributed by atoms with Crippen LogP contribution in [0.3, 0.4) is 0 Å². The number of esters is 1. The molecule has 0 aromatic heterocycles. The van der Waals surface area contributed by atoms with Crippen LogP contribution >= 0.6 is 58.0 Å². The lowest BCUT2D eigenvalue weighted by Gasteiger charge is -2.23. The summed E-state index contributed by atoms with van der Waals surface area (Å²) < 4.78 is 10.5. The van der Waals surface area contributed by atoms with Gasteiger partial charge in [-0.1, -0.05) is 109 Å². The van der Waals surface area contributed by atoms with Gasteiger partial charge in [-0.3, -0.25) is 0 Å². The van der Waals surface area contributed by atoms with Gasteiger partial charge in [0.25, 0.3) is 0 Å². The van der Waals surface area contributed by atoms with E-state index >= 15 is 0 Å². The summed E-state index contributed by atoms with van der Waals surface area (Å²) in [6.07, 6.45) is -0.201. The van der Waals surface area contributed by atoms with Gasteiger partial charge >= 0.3 is 12.1 Å². The van der Waals surface area contributed by atoms with E-state index < -0.39 is 18.1 Å². The van der Waals surface area contributed by atoms with E-state index in [1.807, 2.05) is 37.3 Å². The number of nitrogens with one attached hydrogen (secondary N) is 1. The molecule has 0 fully saturated rings. The molecule has 2 atom stereocenters. The van der Waals surface area contributed by atoms with Crippen molar-refractivity contribution in [2.45, 2.75) is 32.9 Å². The van der Waals surface area contributed by atoms with Gasteiger partial charge in [-0.2, -0.15) is 0 Å². The van der Waals surface area contributed by atoms with E-state index in [9.17, 15) is 9.59 Å². The summed E-state index contributed by atoms with van der Waals surface area (Å²) in [5.74, 6) is -1.33. The Kier molecular flexibility index (Phi) is 9.38. The van der Waals surface area contributed by atoms with Crippen LogP contribution in [0, 0.1) is 5.92 Å². The van der Waals surface area contributed by atoms with E-state index in [1.165, 1.54) is 0 Å². The number of benzene rings is 2. The molecular weight excluding hydrogens is 495 g/mol. The van der Waals surface area contributed by atoms with Crippen molar-refractivity contribution in [1.82, 2.24) is 5.32 Å². The van der Waals surface area contributed by atoms with Gasteiger partial charge in [0.1, 0.15) is 22.7 Å². The van der Waals surface area contributed by atoms with Crippen LogP contribution in [-0.2, 0) is 16.1 Å². The molecule has 162 valence electrons. The van der Waals surface area contributed by atoms with Crippen molar-refractivity contribution in [3.05, 3.63) is 61.0 Å². The molecule has 0 bridgehead atoms. The first kappa shape index (κ1) is 24.9. The van der Waals surface area contributed by atoms with E-state index in [4.69, 9.17) is 67.5 Å². The molecule has 0 saturated carbocycles. The predicted molar refractivity (Wildman–Crippen MR) is 120 cm³/mol. The standard InChI is InChI=1S/C20H18Cl5NO4/c1-3-10(2)17(26-20(28)29-9-11-7-5-4-6-8-11)19(27)30-18-15(24)13(22)12(21)14(23)16(18)25/h4-8,10,17H,3,9H2,1-2H3,(H,26,28)/t10-,17-/m0/s1. The molecule has 2 aromatic carbocycles. The molecule has 2 aromatic rings. The third-order valence-electron chi connectivity index (χ3n) is 4.33. The van der Waals surface area contributed by atoms with Crippen LogP contribution in [0.4, 0.5) is 4.79 Å². The largest absolute Gasteiger partial charge is 0.445 e. The van der Waals surface area contributed by atoms with E-state index in [1.54, 1.807) is 6.92 Å². The third-order valence-corrected chi connectivity index (χ3v) is 6.57. The average Bonchev–Trinajstić information content (AvgIpc) is 2.76. The maximum absolute atomic E-state index is 12.8. The first-order valence-electron chi connectivity index (χ1n) is 8.87. The lowest BCUT2D eigenvalue weighted by Crippen LogP contribution is -2.47. The van der Waals surface area contributed by atoms with Gasteiger partial charge in [0, 0.05) is 0 Å². The number of alkyl carbamates (subject to hydrolysis) is 1. The number of halogens is 5. The quantitative estimate of drug-likeness (QED) is 0.184. The SMILES string of the molecule is CC[C@H](C)[C@H](NC(=O)OCc1ccccc1)C(=O)Oc1c(Cl)c(Cl)c(Cl)c(Cl)c1Cl. The number of amides is 1. The Morgan fingerprint density at radius 2 is 1.47 bits per heavy atom. The molecule has 0 heterocycles. The number of ether oxygens (including phenoxy) is 2. The number of hydrogen-bond donors (Lipinski definition) is 1. The molecule has 1 amide bonds. The Morgan fingerprint density at radius 1 is 0.933 bits per heavy atom.